The highest BCUT2D eigenvalue weighted by molar-refractivity contribution is 7.99. The molecular weight excluding hydrogens is 388 g/mol. The molecule has 2 aromatic rings. The Morgan fingerprint density at radius 3 is 2.56 bits per heavy atom. The van der Waals surface area contributed by atoms with Gasteiger partial charge >= 0.3 is 5.97 Å². The fourth-order valence-corrected chi connectivity index (χ4v) is 3.38. The van der Waals surface area contributed by atoms with Gasteiger partial charge in [0, 0.05) is 27.7 Å². The number of esters is 1. The van der Waals surface area contributed by atoms with Crippen molar-refractivity contribution in [3.63, 3.8) is 0 Å². The molecule has 3 rings (SSSR count). The Hall–Kier alpha value is -2.18. The van der Waals surface area contributed by atoms with Crippen molar-refractivity contribution in [2.75, 3.05) is 25.6 Å². The van der Waals surface area contributed by atoms with Gasteiger partial charge < -0.3 is 14.2 Å². The highest BCUT2D eigenvalue weighted by atomic mass is 35.5. The zero-order chi connectivity index (χ0) is 19.1. The van der Waals surface area contributed by atoms with Gasteiger partial charge in [-0.25, -0.2) is 0 Å². The van der Waals surface area contributed by atoms with E-state index >= 15 is 0 Å². The van der Waals surface area contributed by atoms with Gasteiger partial charge in [-0.15, -0.1) is 11.8 Å². The van der Waals surface area contributed by atoms with Gasteiger partial charge in [0.1, 0.15) is 0 Å². The lowest BCUT2D eigenvalue weighted by Crippen LogP contribution is -2.14. The van der Waals surface area contributed by atoms with Gasteiger partial charge in [0.25, 0.3) is 0 Å². The maximum absolute atomic E-state index is 12.3. The summed E-state index contributed by atoms with van der Waals surface area (Å²) in [7, 11) is 0. The number of ether oxygens (including phenoxy) is 3. The second-order valence-electron chi connectivity index (χ2n) is 5.85. The Morgan fingerprint density at radius 1 is 1.04 bits per heavy atom. The molecular formula is C20H19ClO5S. The summed E-state index contributed by atoms with van der Waals surface area (Å²) in [6, 6.07) is 12.4. The molecule has 0 saturated carbocycles. The third kappa shape index (κ3) is 5.91. The maximum Gasteiger partial charge on any atom is 0.307 e. The van der Waals surface area contributed by atoms with Crippen molar-refractivity contribution in [2.24, 2.45) is 0 Å². The molecule has 0 aromatic heterocycles. The number of carbonyl (C=O) groups excluding carboxylic acids is 2. The van der Waals surface area contributed by atoms with Crippen molar-refractivity contribution in [3.8, 4) is 11.5 Å². The third-order valence-corrected chi connectivity index (χ3v) is 5.09. The lowest BCUT2D eigenvalue weighted by molar-refractivity contribution is -0.141. The molecule has 2 aromatic carbocycles. The highest BCUT2D eigenvalue weighted by Crippen LogP contribution is 2.30. The van der Waals surface area contributed by atoms with Crippen molar-refractivity contribution < 1.29 is 23.8 Å². The molecule has 0 N–H and O–H groups in total. The number of fused-ring (bicyclic) bond motifs is 1. The standard InChI is InChI=1S/C20H19ClO5S/c21-15-3-5-16(6-4-15)27-11-8-20(23)26-13-17(22)14-2-7-18-19(12-14)25-10-1-9-24-18/h2-7,12H,1,8-11,13H2. The topological polar surface area (TPSA) is 61.8 Å². The molecule has 1 aliphatic rings. The number of carbonyl (C=O) groups is 2. The fraction of sp³-hybridized carbons (Fsp3) is 0.300. The van der Waals surface area contributed by atoms with Crippen LogP contribution in [0.1, 0.15) is 23.2 Å². The summed E-state index contributed by atoms with van der Waals surface area (Å²) < 4.78 is 16.2. The zero-order valence-electron chi connectivity index (χ0n) is 14.6. The molecule has 0 amide bonds. The highest BCUT2D eigenvalue weighted by Gasteiger charge is 2.15. The lowest BCUT2D eigenvalue weighted by Gasteiger charge is -2.09. The van der Waals surface area contributed by atoms with Crippen LogP contribution in [0.3, 0.4) is 0 Å². The summed E-state index contributed by atoms with van der Waals surface area (Å²) in [6.07, 6.45) is 1.02. The van der Waals surface area contributed by atoms with E-state index in [1.807, 2.05) is 12.1 Å². The monoisotopic (exact) mass is 406 g/mol. The first-order valence-electron chi connectivity index (χ1n) is 8.58. The van der Waals surface area contributed by atoms with E-state index in [-0.39, 0.29) is 18.8 Å². The Balaban J connectivity index is 1.43. The van der Waals surface area contributed by atoms with Crippen LogP contribution in [0.2, 0.25) is 5.02 Å². The van der Waals surface area contributed by atoms with Crippen molar-refractivity contribution in [1.82, 2.24) is 0 Å². The van der Waals surface area contributed by atoms with E-state index in [0.717, 1.165) is 11.3 Å². The minimum absolute atomic E-state index is 0.224. The van der Waals surface area contributed by atoms with E-state index in [2.05, 4.69) is 0 Å². The van der Waals surface area contributed by atoms with Crippen LogP contribution in [-0.4, -0.2) is 37.3 Å². The molecule has 0 radical (unpaired) electrons. The molecule has 27 heavy (non-hydrogen) atoms. The second-order valence-corrected chi connectivity index (χ2v) is 7.45. The first-order valence-corrected chi connectivity index (χ1v) is 9.95. The smallest absolute Gasteiger partial charge is 0.307 e. The molecule has 0 unspecified atom stereocenters. The molecule has 1 heterocycles. The first kappa shape index (κ1) is 19.6. The Kier molecular flexibility index (Phi) is 7.01. The Morgan fingerprint density at radius 2 is 1.78 bits per heavy atom. The maximum atomic E-state index is 12.3. The summed E-state index contributed by atoms with van der Waals surface area (Å²) in [6.45, 7) is 0.848. The number of ketones is 1. The molecule has 0 spiro atoms. The number of thioether (sulfide) groups is 1. The molecule has 0 bridgehead atoms. The van der Waals surface area contributed by atoms with Gasteiger partial charge in [0.2, 0.25) is 0 Å². The van der Waals surface area contributed by atoms with Crippen LogP contribution >= 0.6 is 23.4 Å². The predicted octanol–water partition coefficient (Wildman–Crippen LogP) is 4.41. The predicted molar refractivity (Wildman–Crippen MR) is 104 cm³/mol. The van der Waals surface area contributed by atoms with Gasteiger partial charge in [-0.3, -0.25) is 9.59 Å². The summed E-state index contributed by atoms with van der Waals surface area (Å²) in [5, 5.41) is 0.673. The molecule has 0 atom stereocenters. The SMILES string of the molecule is O=C(CCSc1ccc(Cl)cc1)OCC(=O)c1ccc2c(c1)OCCCO2. The van der Waals surface area contributed by atoms with E-state index < -0.39 is 5.97 Å². The molecule has 5 nitrogen and oxygen atoms in total. The van der Waals surface area contributed by atoms with Crippen LogP contribution in [0.25, 0.3) is 0 Å². The van der Waals surface area contributed by atoms with Crippen LogP contribution < -0.4 is 9.47 Å². The number of halogens is 1. The van der Waals surface area contributed by atoms with Crippen molar-refractivity contribution in [3.05, 3.63) is 53.1 Å². The summed E-state index contributed by atoms with van der Waals surface area (Å²) in [5.74, 6) is 1.06. The number of rotatable bonds is 7. The average Bonchev–Trinajstić information content (AvgIpc) is 2.92. The molecule has 0 aliphatic carbocycles. The van der Waals surface area contributed by atoms with Crippen LogP contribution in [0.4, 0.5) is 0 Å². The van der Waals surface area contributed by atoms with Crippen LogP contribution in [0, 0.1) is 0 Å². The first-order chi connectivity index (χ1) is 13.1. The lowest BCUT2D eigenvalue weighted by atomic mass is 10.1. The van der Waals surface area contributed by atoms with Gasteiger partial charge in [-0.1, -0.05) is 11.6 Å². The van der Waals surface area contributed by atoms with E-state index in [9.17, 15) is 9.59 Å². The van der Waals surface area contributed by atoms with Crippen molar-refractivity contribution >= 4 is 35.1 Å². The zero-order valence-corrected chi connectivity index (χ0v) is 16.2. The van der Waals surface area contributed by atoms with Crippen LogP contribution in [0.15, 0.2) is 47.4 Å². The minimum Gasteiger partial charge on any atom is -0.490 e. The number of hydrogen-bond acceptors (Lipinski definition) is 6. The van der Waals surface area contributed by atoms with Crippen LogP contribution in [-0.2, 0) is 9.53 Å². The quantitative estimate of drug-likeness (QED) is 0.385. The normalized spacial score (nSPS) is 12.9. The van der Waals surface area contributed by atoms with E-state index in [1.165, 1.54) is 11.8 Å². The number of Topliss-reactive ketones (excluding diaryl/α,β-unsaturated/α-hetero) is 1. The Bertz CT molecular complexity index is 807. The summed E-state index contributed by atoms with van der Waals surface area (Å²) in [4.78, 5) is 25.1. The molecule has 142 valence electrons. The van der Waals surface area contributed by atoms with Gasteiger partial charge in [-0.2, -0.15) is 0 Å². The summed E-state index contributed by atoms with van der Waals surface area (Å²) in [5.41, 5.74) is 0.433. The van der Waals surface area contributed by atoms with E-state index in [0.29, 0.717) is 41.1 Å². The minimum atomic E-state index is -0.404. The van der Waals surface area contributed by atoms with Crippen molar-refractivity contribution in [1.29, 1.82) is 0 Å². The Labute approximate surface area is 166 Å². The second kappa shape index (κ2) is 9.67. The number of hydrogen-bond donors (Lipinski definition) is 0. The number of benzene rings is 2. The molecule has 0 saturated heterocycles. The molecule has 0 fully saturated rings. The van der Waals surface area contributed by atoms with Gasteiger partial charge in [0.05, 0.1) is 19.6 Å². The van der Waals surface area contributed by atoms with E-state index in [4.69, 9.17) is 25.8 Å². The van der Waals surface area contributed by atoms with Gasteiger partial charge in [-0.05, 0) is 42.5 Å². The van der Waals surface area contributed by atoms with E-state index in [1.54, 1.807) is 30.3 Å². The molecule has 1 aliphatic heterocycles. The van der Waals surface area contributed by atoms with Gasteiger partial charge in [0.15, 0.2) is 23.9 Å². The fourth-order valence-electron chi connectivity index (χ4n) is 2.42. The van der Waals surface area contributed by atoms with Crippen LogP contribution in [0.5, 0.6) is 11.5 Å². The summed E-state index contributed by atoms with van der Waals surface area (Å²) >= 11 is 7.37. The van der Waals surface area contributed by atoms with Crippen molar-refractivity contribution in [2.45, 2.75) is 17.7 Å². The largest absolute Gasteiger partial charge is 0.490 e. The molecule has 7 heteroatoms. The average molecular weight is 407 g/mol. The third-order valence-electron chi connectivity index (χ3n) is 3.82.